The molecule has 0 radical (unpaired) electrons. The molecule has 29 heavy (non-hydrogen) atoms. The zero-order valence-electron chi connectivity index (χ0n) is 16.5. The fourth-order valence-electron chi connectivity index (χ4n) is 3.56. The number of rotatable bonds is 4. The standard InChI is InChI=1S/C21H24N4O4/c1-13-11-19(24-29-13)23-20(26)15-7-9-25(10-8-15)21(27)22-14(2)18-12-16-5-3-4-6-17(16)28-18/h3-6,11-12,14-15H,7-10H2,1-2H3,(H,22,27)(H,23,24,26). The van der Waals surface area contributed by atoms with Crippen molar-refractivity contribution in [2.75, 3.05) is 18.4 Å². The Morgan fingerprint density at radius 3 is 2.66 bits per heavy atom. The smallest absolute Gasteiger partial charge is 0.317 e. The van der Waals surface area contributed by atoms with Gasteiger partial charge in [-0.3, -0.25) is 4.79 Å². The van der Waals surface area contributed by atoms with Crippen molar-refractivity contribution in [3.8, 4) is 0 Å². The highest BCUT2D eigenvalue weighted by Crippen LogP contribution is 2.24. The van der Waals surface area contributed by atoms with E-state index in [1.165, 1.54) is 0 Å². The Morgan fingerprint density at radius 1 is 1.21 bits per heavy atom. The summed E-state index contributed by atoms with van der Waals surface area (Å²) in [6.45, 7) is 4.71. The van der Waals surface area contributed by atoms with Gasteiger partial charge in [-0.2, -0.15) is 0 Å². The van der Waals surface area contributed by atoms with E-state index >= 15 is 0 Å². The first-order valence-corrected chi connectivity index (χ1v) is 9.77. The second kappa shape index (κ2) is 7.98. The number of hydrogen-bond acceptors (Lipinski definition) is 5. The van der Waals surface area contributed by atoms with Crippen molar-refractivity contribution >= 4 is 28.7 Å². The molecule has 8 heteroatoms. The highest BCUT2D eigenvalue weighted by atomic mass is 16.5. The van der Waals surface area contributed by atoms with Gasteiger partial charge in [0, 0.05) is 30.5 Å². The number of furan rings is 1. The van der Waals surface area contributed by atoms with E-state index in [4.69, 9.17) is 8.94 Å². The molecule has 0 aliphatic carbocycles. The maximum absolute atomic E-state index is 12.6. The first-order chi connectivity index (χ1) is 14.0. The molecule has 0 saturated carbocycles. The van der Waals surface area contributed by atoms with Crippen molar-refractivity contribution in [1.82, 2.24) is 15.4 Å². The van der Waals surface area contributed by atoms with Gasteiger partial charge in [-0.15, -0.1) is 0 Å². The number of hydrogen-bond donors (Lipinski definition) is 2. The van der Waals surface area contributed by atoms with Gasteiger partial charge < -0.3 is 24.5 Å². The normalized spacial score (nSPS) is 16.0. The summed E-state index contributed by atoms with van der Waals surface area (Å²) in [6, 6.07) is 11.0. The third-order valence-corrected chi connectivity index (χ3v) is 5.24. The number of piperidine rings is 1. The van der Waals surface area contributed by atoms with E-state index in [0.717, 1.165) is 16.7 Å². The van der Waals surface area contributed by atoms with Gasteiger partial charge >= 0.3 is 6.03 Å². The molecule has 1 aliphatic heterocycles. The van der Waals surface area contributed by atoms with Gasteiger partial charge in [-0.05, 0) is 38.8 Å². The predicted molar refractivity (Wildman–Crippen MR) is 107 cm³/mol. The molecule has 2 N–H and O–H groups in total. The minimum absolute atomic E-state index is 0.0889. The molecule has 152 valence electrons. The number of aromatic nitrogens is 1. The molecule has 2 aromatic heterocycles. The van der Waals surface area contributed by atoms with Crippen molar-refractivity contribution in [2.45, 2.75) is 32.7 Å². The van der Waals surface area contributed by atoms with Crippen molar-refractivity contribution in [3.05, 3.63) is 47.9 Å². The highest BCUT2D eigenvalue weighted by molar-refractivity contribution is 5.91. The van der Waals surface area contributed by atoms with Crippen molar-refractivity contribution in [1.29, 1.82) is 0 Å². The van der Waals surface area contributed by atoms with Crippen LogP contribution in [0.25, 0.3) is 11.0 Å². The third kappa shape index (κ3) is 4.26. The van der Waals surface area contributed by atoms with E-state index < -0.39 is 0 Å². The molecular formula is C21H24N4O4. The molecular weight excluding hydrogens is 372 g/mol. The van der Waals surface area contributed by atoms with Crippen LogP contribution in [0.3, 0.4) is 0 Å². The molecule has 1 unspecified atom stereocenters. The van der Waals surface area contributed by atoms with Gasteiger partial charge in [0.05, 0.1) is 6.04 Å². The Hall–Kier alpha value is -3.29. The number of anilines is 1. The van der Waals surface area contributed by atoms with Gasteiger partial charge in [0.15, 0.2) is 5.82 Å². The molecule has 3 aromatic rings. The van der Waals surface area contributed by atoms with Crippen LogP contribution in [0, 0.1) is 12.8 Å². The number of likely N-dealkylation sites (tertiary alicyclic amines) is 1. The van der Waals surface area contributed by atoms with E-state index in [2.05, 4.69) is 15.8 Å². The number of amides is 3. The van der Waals surface area contributed by atoms with Crippen molar-refractivity contribution in [2.24, 2.45) is 5.92 Å². The van der Waals surface area contributed by atoms with E-state index in [-0.39, 0.29) is 23.9 Å². The lowest BCUT2D eigenvalue weighted by Gasteiger charge is -2.31. The fraction of sp³-hybridized carbons (Fsp3) is 0.381. The van der Waals surface area contributed by atoms with Gasteiger partial charge in [-0.1, -0.05) is 23.4 Å². The van der Waals surface area contributed by atoms with Crippen LogP contribution in [0.1, 0.15) is 37.3 Å². The maximum Gasteiger partial charge on any atom is 0.317 e. The van der Waals surface area contributed by atoms with Gasteiger partial charge in [0.25, 0.3) is 0 Å². The van der Waals surface area contributed by atoms with Crippen molar-refractivity contribution in [3.63, 3.8) is 0 Å². The molecule has 8 nitrogen and oxygen atoms in total. The SMILES string of the molecule is Cc1cc(NC(=O)C2CCN(C(=O)NC(C)c3cc4ccccc4o3)CC2)no1. The summed E-state index contributed by atoms with van der Waals surface area (Å²) >= 11 is 0. The van der Waals surface area contributed by atoms with Crippen LogP contribution in [0.4, 0.5) is 10.6 Å². The third-order valence-electron chi connectivity index (χ3n) is 5.24. The Kier molecular flexibility index (Phi) is 5.24. The van der Waals surface area contributed by atoms with Crippen LogP contribution < -0.4 is 10.6 Å². The fourth-order valence-corrected chi connectivity index (χ4v) is 3.56. The van der Waals surface area contributed by atoms with Crippen molar-refractivity contribution < 1.29 is 18.5 Å². The first kappa shape index (κ1) is 19.0. The van der Waals surface area contributed by atoms with E-state index in [0.29, 0.717) is 37.5 Å². The summed E-state index contributed by atoms with van der Waals surface area (Å²) < 4.78 is 10.8. The average Bonchev–Trinajstić information content (AvgIpc) is 3.34. The number of urea groups is 1. The molecule has 1 atom stereocenters. The highest BCUT2D eigenvalue weighted by Gasteiger charge is 2.28. The van der Waals surface area contributed by atoms with E-state index in [9.17, 15) is 9.59 Å². The second-order valence-corrected chi connectivity index (χ2v) is 7.43. The van der Waals surface area contributed by atoms with Crippen LogP contribution in [-0.2, 0) is 4.79 Å². The Labute approximate surface area is 168 Å². The number of carbonyl (C=O) groups excluding carboxylic acids is 2. The quantitative estimate of drug-likeness (QED) is 0.698. The van der Waals surface area contributed by atoms with Crippen LogP contribution in [0.15, 0.2) is 45.3 Å². The summed E-state index contributed by atoms with van der Waals surface area (Å²) in [5.74, 6) is 1.55. The topological polar surface area (TPSA) is 101 Å². The number of para-hydroxylation sites is 1. The summed E-state index contributed by atoms with van der Waals surface area (Å²) in [5.41, 5.74) is 0.803. The summed E-state index contributed by atoms with van der Waals surface area (Å²) in [5, 5.41) is 10.5. The second-order valence-electron chi connectivity index (χ2n) is 7.43. The summed E-state index contributed by atoms with van der Waals surface area (Å²) in [7, 11) is 0. The molecule has 1 saturated heterocycles. The molecule has 1 aromatic carbocycles. The lowest BCUT2D eigenvalue weighted by atomic mass is 9.96. The molecule has 3 heterocycles. The first-order valence-electron chi connectivity index (χ1n) is 9.77. The minimum atomic E-state index is -0.244. The zero-order valence-corrected chi connectivity index (χ0v) is 16.5. The largest absolute Gasteiger partial charge is 0.459 e. The van der Waals surface area contributed by atoms with E-state index in [1.807, 2.05) is 37.3 Å². The van der Waals surface area contributed by atoms with E-state index in [1.54, 1.807) is 17.9 Å². The Balaban J connectivity index is 1.28. The van der Waals surface area contributed by atoms with Gasteiger partial charge in [-0.25, -0.2) is 4.79 Å². The molecule has 0 spiro atoms. The van der Waals surface area contributed by atoms with Gasteiger partial charge in [0.2, 0.25) is 5.91 Å². The number of fused-ring (bicyclic) bond motifs is 1. The molecule has 3 amide bonds. The summed E-state index contributed by atoms with van der Waals surface area (Å²) in [6.07, 6.45) is 1.21. The lowest BCUT2D eigenvalue weighted by molar-refractivity contribution is -0.121. The maximum atomic E-state index is 12.6. The predicted octanol–water partition coefficient (Wildman–Crippen LogP) is 3.85. The van der Waals surface area contributed by atoms with Crippen LogP contribution >= 0.6 is 0 Å². The number of carbonyl (C=O) groups is 2. The molecule has 0 bridgehead atoms. The average molecular weight is 396 g/mol. The number of aryl methyl sites for hydroxylation is 1. The molecule has 1 aliphatic rings. The Bertz CT molecular complexity index is 984. The minimum Gasteiger partial charge on any atom is -0.459 e. The Morgan fingerprint density at radius 2 is 1.97 bits per heavy atom. The molecule has 1 fully saturated rings. The number of nitrogens with one attached hydrogen (secondary N) is 2. The summed E-state index contributed by atoms with van der Waals surface area (Å²) in [4.78, 5) is 26.7. The van der Waals surface area contributed by atoms with Gasteiger partial charge in [0.1, 0.15) is 17.1 Å². The van der Waals surface area contributed by atoms with Crippen LogP contribution in [-0.4, -0.2) is 35.1 Å². The lowest BCUT2D eigenvalue weighted by Crippen LogP contribution is -2.46. The zero-order chi connectivity index (χ0) is 20.4. The van der Waals surface area contributed by atoms with Crippen LogP contribution in [0.5, 0.6) is 0 Å². The molecule has 4 rings (SSSR count). The number of benzene rings is 1. The van der Waals surface area contributed by atoms with Crippen LogP contribution in [0.2, 0.25) is 0 Å². The number of nitrogens with zero attached hydrogens (tertiary/aromatic N) is 2. The monoisotopic (exact) mass is 396 g/mol.